The van der Waals surface area contributed by atoms with Gasteiger partial charge < -0.3 is 10.1 Å². The molecule has 0 spiro atoms. The molecule has 6 heteroatoms. The lowest BCUT2D eigenvalue weighted by molar-refractivity contribution is -0.123. The zero-order chi connectivity index (χ0) is 17.6. The summed E-state index contributed by atoms with van der Waals surface area (Å²) in [6.07, 6.45) is 0. The second-order valence-corrected chi connectivity index (χ2v) is 6.82. The second kappa shape index (κ2) is 8.14. The minimum absolute atomic E-state index is 0.0451. The standard InChI is InChI=1S/C19H17ClN2O2S/c1-13-2-4-14(5-3-13)19-22-16(12-25-19)10-21-18(23)11-24-17-8-6-15(20)7-9-17/h2-9,12H,10-11H2,1H3,(H,21,23). The van der Waals surface area contributed by atoms with Crippen LogP contribution in [0.3, 0.4) is 0 Å². The summed E-state index contributed by atoms with van der Waals surface area (Å²) < 4.78 is 5.41. The fourth-order valence-corrected chi connectivity index (χ4v) is 3.09. The van der Waals surface area contributed by atoms with Gasteiger partial charge in [-0.1, -0.05) is 41.4 Å². The van der Waals surface area contributed by atoms with Gasteiger partial charge in [0.05, 0.1) is 12.2 Å². The molecule has 0 bridgehead atoms. The molecule has 0 aliphatic carbocycles. The molecule has 0 saturated heterocycles. The first-order chi connectivity index (χ1) is 12.1. The minimum atomic E-state index is -0.195. The summed E-state index contributed by atoms with van der Waals surface area (Å²) in [5, 5.41) is 6.34. The Morgan fingerprint density at radius 2 is 1.88 bits per heavy atom. The molecule has 1 amide bonds. The van der Waals surface area contributed by atoms with E-state index in [1.165, 1.54) is 5.56 Å². The summed E-state index contributed by atoms with van der Waals surface area (Å²) in [6, 6.07) is 15.1. The van der Waals surface area contributed by atoms with E-state index in [1.807, 2.05) is 5.38 Å². The summed E-state index contributed by atoms with van der Waals surface area (Å²) in [7, 11) is 0. The number of carbonyl (C=O) groups is 1. The smallest absolute Gasteiger partial charge is 0.258 e. The van der Waals surface area contributed by atoms with Gasteiger partial charge in [0.2, 0.25) is 0 Å². The first-order valence-electron chi connectivity index (χ1n) is 7.77. The largest absolute Gasteiger partial charge is 0.484 e. The lowest BCUT2D eigenvalue weighted by Crippen LogP contribution is -2.28. The average Bonchev–Trinajstić information content (AvgIpc) is 3.09. The molecule has 128 valence electrons. The Labute approximate surface area is 155 Å². The predicted octanol–water partition coefficient (Wildman–Crippen LogP) is 4.47. The number of halogens is 1. The van der Waals surface area contributed by atoms with E-state index in [0.29, 0.717) is 17.3 Å². The van der Waals surface area contributed by atoms with Crippen LogP contribution in [0.15, 0.2) is 53.9 Å². The van der Waals surface area contributed by atoms with E-state index >= 15 is 0 Å². The molecule has 2 aromatic carbocycles. The molecule has 0 aliphatic rings. The van der Waals surface area contributed by atoms with Crippen LogP contribution in [-0.2, 0) is 11.3 Å². The van der Waals surface area contributed by atoms with Crippen LogP contribution in [0, 0.1) is 6.92 Å². The third-order valence-electron chi connectivity index (χ3n) is 3.50. The van der Waals surface area contributed by atoms with Crippen LogP contribution >= 0.6 is 22.9 Å². The van der Waals surface area contributed by atoms with Crippen molar-refractivity contribution in [3.05, 3.63) is 70.2 Å². The van der Waals surface area contributed by atoms with Crippen molar-refractivity contribution in [3.63, 3.8) is 0 Å². The molecular formula is C19H17ClN2O2S. The van der Waals surface area contributed by atoms with Gasteiger partial charge in [-0.25, -0.2) is 4.98 Å². The molecule has 0 radical (unpaired) electrons. The number of thiazole rings is 1. The quantitative estimate of drug-likeness (QED) is 0.694. The molecule has 25 heavy (non-hydrogen) atoms. The lowest BCUT2D eigenvalue weighted by Gasteiger charge is -2.06. The van der Waals surface area contributed by atoms with Gasteiger partial charge in [0.1, 0.15) is 10.8 Å². The maximum Gasteiger partial charge on any atom is 0.258 e. The van der Waals surface area contributed by atoms with Crippen LogP contribution in [0.5, 0.6) is 5.75 Å². The number of benzene rings is 2. The molecule has 1 aromatic heterocycles. The van der Waals surface area contributed by atoms with E-state index in [-0.39, 0.29) is 12.5 Å². The molecule has 0 unspecified atom stereocenters. The van der Waals surface area contributed by atoms with Crippen molar-refractivity contribution < 1.29 is 9.53 Å². The number of aryl methyl sites for hydroxylation is 1. The summed E-state index contributed by atoms with van der Waals surface area (Å²) in [6.45, 7) is 2.39. The highest BCUT2D eigenvalue weighted by Gasteiger charge is 2.07. The van der Waals surface area contributed by atoms with E-state index < -0.39 is 0 Å². The number of carbonyl (C=O) groups excluding carboxylic acids is 1. The van der Waals surface area contributed by atoms with E-state index in [0.717, 1.165) is 16.3 Å². The van der Waals surface area contributed by atoms with Crippen LogP contribution in [-0.4, -0.2) is 17.5 Å². The van der Waals surface area contributed by atoms with Gasteiger partial charge in [0, 0.05) is 16.0 Å². The Balaban J connectivity index is 1.49. The van der Waals surface area contributed by atoms with Gasteiger partial charge in [0.15, 0.2) is 6.61 Å². The van der Waals surface area contributed by atoms with Crippen LogP contribution in [0.1, 0.15) is 11.3 Å². The van der Waals surface area contributed by atoms with Crippen molar-refractivity contribution in [3.8, 4) is 16.3 Å². The molecule has 0 saturated carbocycles. The van der Waals surface area contributed by atoms with Gasteiger partial charge in [-0.3, -0.25) is 4.79 Å². The Kier molecular flexibility index (Phi) is 5.68. The number of nitrogens with one attached hydrogen (secondary N) is 1. The van der Waals surface area contributed by atoms with Crippen molar-refractivity contribution in [2.24, 2.45) is 0 Å². The van der Waals surface area contributed by atoms with Crippen molar-refractivity contribution in [2.75, 3.05) is 6.61 Å². The molecule has 3 aromatic rings. The summed E-state index contributed by atoms with van der Waals surface area (Å²) in [5.41, 5.74) is 3.13. The van der Waals surface area contributed by atoms with Crippen LogP contribution in [0.25, 0.3) is 10.6 Å². The molecule has 3 rings (SSSR count). The number of amides is 1. The highest BCUT2D eigenvalue weighted by Crippen LogP contribution is 2.23. The summed E-state index contributed by atoms with van der Waals surface area (Å²) in [4.78, 5) is 16.4. The zero-order valence-electron chi connectivity index (χ0n) is 13.7. The Morgan fingerprint density at radius 3 is 2.60 bits per heavy atom. The Morgan fingerprint density at radius 1 is 1.16 bits per heavy atom. The van der Waals surface area contributed by atoms with E-state index in [9.17, 15) is 4.79 Å². The average molecular weight is 373 g/mol. The molecule has 0 atom stereocenters. The molecule has 0 fully saturated rings. The number of nitrogens with zero attached hydrogens (tertiary/aromatic N) is 1. The summed E-state index contributed by atoms with van der Waals surface area (Å²) in [5.74, 6) is 0.412. The molecule has 1 heterocycles. The maximum absolute atomic E-state index is 11.9. The number of ether oxygens (including phenoxy) is 1. The van der Waals surface area contributed by atoms with Gasteiger partial charge in [-0.15, -0.1) is 11.3 Å². The highest BCUT2D eigenvalue weighted by atomic mass is 35.5. The minimum Gasteiger partial charge on any atom is -0.484 e. The maximum atomic E-state index is 11.9. The zero-order valence-corrected chi connectivity index (χ0v) is 15.2. The highest BCUT2D eigenvalue weighted by molar-refractivity contribution is 7.13. The van der Waals surface area contributed by atoms with Crippen molar-refractivity contribution >= 4 is 28.8 Å². The lowest BCUT2D eigenvalue weighted by atomic mass is 10.2. The third-order valence-corrected chi connectivity index (χ3v) is 4.69. The van der Waals surface area contributed by atoms with Gasteiger partial charge in [0.25, 0.3) is 5.91 Å². The molecule has 0 aliphatic heterocycles. The number of aromatic nitrogens is 1. The van der Waals surface area contributed by atoms with Crippen molar-refractivity contribution in [2.45, 2.75) is 13.5 Å². The van der Waals surface area contributed by atoms with E-state index in [1.54, 1.807) is 35.6 Å². The first kappa shape index (κ1) is 17.5. The molecular weight excluding hydrogens is 356 g/mol. The normalized spacial score (nSPS) is 10.5. The Bertz CT molecular complexity index is 845. The molecule has 1 N–H and O–H groups in total. The fraction of sp³-hybridized carbons (Fsp3) is 0.158. The first-order valence-corrected chi connectivity index (χ1v) is 9.02. The monoisotopic (exact) mass is 372 g/mol. The second-order valence-electron chi connectivity index (χ2n) is 5.53. The number of hydrogen-bond donors (Lipinski definition) is 1. The number of rotatable bonds is 6. The van der Waals surface area contributed by atoms with Gasteiger partial charge in [-0.05, 0) is 31.2 Å². The van der Waals surface area contributed by atoms with E-state index in [2.05, 4.69) is 41.5 Å². The SMILES string of the molecule is Cc1ccc(-c2nc(CNC(=O)COc3ccc(Cl)cc3)cs2)cc1. The predicted molar refractivity (Wildman–Crippen MR) is 101 cm³/mol. The van der Waals surface area contributed by atoms with Gasteiger partial charge >= 0.3 is 0 Å². The third kappa shape index (κ3) is 5.05. The van der Waals surface area contributed by atoms with Crippen molar-refractivity contribution in [1.29, 1.82) is 0 Å². The Hall–Kier alpha value is -2.37. The van der Waals surface area contributed by atoms with E-state index in [4.69, 9.17) is 16.3 Å². The summed E-state index contributed by atoms with van der Waals surface area (Å²) >= 11 is 7.37. The topological polar surface area (TPSA) is 51.2 Å². The van der Waals surface area contributed by atoms with Gasteiger partial charge in [-0.2, -0.15) is 0 Å². The number of hydrogen-bond acceptors (Lipinski definition) is 4. The van der Waals surface area contributed by atoms with Crippen LogP contribution < -0.4 is 10.1 Å². The van der Waals surface area contributed by atoms with Crippen LogP contribution in [0.4, 0.5) is 0 Å². The van der Waals surface area contributed by atoms with Crippen LogP contribution in [0.2, 0.25) is 5.02 Å². The molecule has 4 nitrogen and oxygen atoms in total. The van der Waals surface area contributed by atoms with Crippen molar-refractivity contribution in [1.82, 2.24) is 10.3 Å². The fourth-order valence-electron chi connectivity index (χ4n) is 2.14.